The number of piperidine rings is 1. The Hall–Kier alpha value is -3.98. The number of likely N-dealkylation sites (N-methyl/N-ethyl adjacent to an activating group) is 1. The molecule has 8 nitrogen and oxygen atoms in total. The van der Waals surface area contributed by atoms with Crippen LogP contribution in [-0.2, 0) is 6.42 Å². The van der Waals surface area contributed by atoms with Gasteiger partial charge in [0, 0.05) is 69.5 Å². The summed E-state index contributed by atoms with van der Waals surface area (Å²) >= 11 is 0. The first-order chi connectivity index (χ1) is 22.2. The molecule has 2 fully saturated rings. The van der Waals surface area contributed by atoms with Crippen LogP contribution in [-0.4, -0.2) is 94.5 Å². The van der Waals surface area contributed by atoms with Crippen molar-refractivity contribution in [3.05, 3.63) is 108 Å². The van der Waals surface area contributed by atoms with Crippen molar-refractivity contribution in [2.24, 2.45) is 5.92 Å². The summed E-state index contributed by atoms with van der Waals surface area (Å²) in [6, 6.07) is 8.21. The number of nitrogens with zero attached hydrogens (tertiary/aromatic N) is 6. The molecule has 1 N–H and O–H groups in total. The quantitative estimate of drug-likeness (QED) is 0.355. The van der Waals surface area contributed by atoms with Crippen LogP contribution in [0.25, 0.3) is 16.5 Å². The van der Waals surface area contributed by atoms with Crippen molar-refractivity contribution in [1.82, 2.24) is 35.0 Å². The second-order valence-electron chi connectivity index (χ2n) is 13.4. The van der Waals surface area contributed by atoms with E-state index in [1.54, 1.807) is 12.5 Å². The lowest BCUT2D eigenvalue weighted by molar-refractivity contribution is 0.0797. The number of carbonyl (C=O) groups excluding carboxylic acids is 1. The second-order valence-corrected chi connectivity index (χ2v) is 13.4. The van der Waals surface area contributed by atoms with Crippen LogP contribution >= 0.6 is 0 Å². The summed E-state index contributed by atoms with van der Waals surface area (Å²) in [7, 11) is 4.35. The Bertz CT molecular complexity index is 1700. The van der Waals surface area contributed by atoms with E-state index in [-0.39, 0.29) is 14.3 Å². The van der Waals surface area contributed by atoms with E-state index in [1.807, 2.05) is 25.1 Å². The smallest absolute Gasteiger partial charge is 0.257 e. The summed E-state index contributed by atoms with van der Waals surface area (Å²) in [5.74, 6) is 0.657. The second kappa shape index (κ2) is 13.8. The molecule has 2 aliphatic carbocycles. The minimum atomic E-state index is -0.136. The summed E-state index contributed by atoms with van der Waals surface area (Å²) in [6.07, 6.45) is 18.2. The van der Waals surface area contributed by atoms with Gasteiger partial charge in [-0.1, -0.05) is 30.4 Å². The van der Waals surface area contributed by atoms with Crippen molar-refractivity contribution in [2.75, 3.05) is 53.4 Å². The molecule has 1 amide bonds. The minimum Gasteiger partial charge on any atom is -0.322 e. The van der Waals surface area contributed by atoms with Gasteiger partial charge in [-0.05, 0) is 102 Å². The largest absolute Gasteiger partial charge is 0.322 e. The number of allylic oxidation sites excluding steroid dienone is 3. The highest BCUT2D eigenvalue weighted by Gasteiger charge is 2.32. The maximum atomic E-state index is 13.2. The van der Waals surface area contributed by atoms with Gasteiger partial charge in [0.1, 0.15) is 6.33 Å². The number of fused-ring (bicyclic) bond motifs is 2. The number of rotatable bonds is 5. The van der Waals surface area contributed by atoms with Crippen LogP contribution in [0.5, 0.6) is 0 Å². The highest BCUT2D eigenvalue weighted by molar-refractivity contribution is 5.98. The van der Waals surface area contributed by atoms with Crippen LogP contribution in [0.2, 0.25) is 0 Å². The summed E-state index contributed by atoms with van der Waals surface area (Å²) in [4.78, 5) is 33.8. The van der Waals surface area contributed by atoms with Gasteiger partial charge in [0.2, 0.25) is 0 Å². The molecule has 1 atom stereocenters. The normalized spacial score (nSPS) is 22.4. The van der Waals surface area contributed by atoms with Crippen molar-refractivity contribution in [3.63, 3.8) is 0 Å². The number of likely N-dealkylation sites (tertiary alicyclic amines) is 1. The van der Waals surface area contributed by atoms with Gasteiger partial charge >= 0.3 is 0 Å². The summed E-state index contributed by atoms with van der Waals surface area (Å²) in [6.45, 7) is 14.9. The third-order valence-corrected chi connectivity index (χ3v) is 10.1. The lowest BCUT2D eigenvalue weighted by Gasteiger charge is -2.44. The topological polar surface area (TPSA) is 77.5 Å². The number of hydrogen-bond donors (Lipinski definition) is 1. The molecule has 7 rings (SSSR count). The standard InChI is InChI=1S/C30H32N6O.C8H15N.2H2/c1-20-25-16-21(4-6-27(25)33-19-32-20)24-5-7-28-26(24)17-22(18-31-28)29(37)34-23-8-10-30(2,11-9-23)36-14-12-35(3)13-15-36;1-3-8-4-6-9(2)7-5-8;;/h4-6,8-10,16-19H,7,11-15H2,1-3H3,(H,34,37);3,8H,1,4-7H2,2H3;2*1H. The van der Waals surface area contributed by atoms with Gasteiger partial charge in [0.15, 0.2) is 0 Å². The molecule has 0 radical (unpaired) electrons. The van der Waals surface area contributed by atoms with Gasteiger partial charge in [-0.2, -0.15) is 0 Å². The molecular formula is C38H51N7O. The first kappa shape index (κ1) is 32.0. The number of hydrogen-bond acceptors (Lipinski definition) is 7. The fourth-order valence-corrected chi connectivity index (χ4v) is 6.78. The van der Waals surface area contributed by atoms with Gasteiger partial charge < -0.3 is 15.1 Å². The fraction of sp³-hybridized carbons (Fsp3) is 0.421. The average Bonchev–Trinajstić information content (AvgIpc) is 3.50. The van der Waals surface area contributed by atoms with Gasteiger partial charge in [0.25, 0.3) is 5.91 Å². The highest BCUT2D eigenvalue weighted by atomic mass is 16.1. The molecule has 2 saturated heterocycles. The average molecular weight is 622 g/mol. The monoisotopic (exact) mass is 621 g/mol. The first-order valence-corrected chi connectivity index (χ1v) is 16.6. The van der Waals surface area contributed by atoms with Crippen LogP contribution in [0.3, 0.4) is 0 Å². The Morgan fingerprint density at radius 1 is 1.02 bits per heavy atom. The molecule has 8 heteroatoms. The highest BCUT2D eigenvalue weighted by Crippen LogP contribution is 2.34. The minimum absolute atomic E-state index is 0. The molecule has 4 heterocycles. The zero-order valence-corrected chi connectivity index (χ0v) is 27.8. The van der Waals surface area contributed by atoms with E-state index < -0.39 is 0 Å². The van der Waals surface area contributed by atoms with Crippen molar-refractivity contribution in [2.45, 2.75) is 45.1 Å². The van der Waals surface area contributed by atoms with E-state index in [0.29, 0.717) is 5.56 Å². The zero-order chi connectivity index (χ0) is 32.3. The van der Waals surface area contributed by atoms with Gasteiger partial charge in [0.05, 0.1) is 16.8 Å². The van der Waals surface area contributed by atoms with Crippen molar-refractivity contribution >= 4 is 22.4 Å². The lowest BCUT2D eigenvalue weighted by Crippen LogP contribution is -2.54. The van der Waals surface area contributed by atoms with Crippen LogP contribution in [0.1, 0.15) is 61.9 Å². The predicted molar refractivity (Wildman–Crippen MR) is 191 cm³/mol. The summed E-state index contributed by atoms with van der Waals surface area (Å²) in [5, 5.41) is 4.13. The number of aromatic nitrogens is 3. The number of amides is 1. The number of nitrogens with one attached hydrogen (secondary N) is 1. The zero-order valence-electron chi connectivity index (χ0n) is 27.8. The fourth-order valence-electron chi connectivity index (χ4n) is 6.78. The maximum Gasteiger partial charge on any atom is 0.257 e. The van der Waals surface area contributed by atoms with E-state index in [1.165, 1.54) is 25.9 Å². The molecule has 3 aromatic rings. The summed E-state index contributed by atoms with van der Waals surface area (Å²) in [5.41, 5.74) is 7.48. The van der Waals surface area contributed by atoms with Crippen LogP contribution in [0, 0.1) is 12.8 Å². The number of aryl methyl sites for hydroxylation is 1. The lowest BCUT2D eigenvalue weighted by atomic mass is 9.89. The van der Waals surface area contributed by atoms with Crippen LogP contribution < -0.4 is 5.32 Å². The van der Waals surface area contributed by atoms with E-state index in [4.69, 9.17) is 0 Å². The Kier molecular flexibility index (Phi) is 9.59. The van der Waals surface area contributed by atoms with Gasteiger partial charge in [-0.25, -0.2) is 9.97 Å². The molecular weight excluding hydrogens is 570 g/mol. The molecule has 244 valence electrons. The third kappa shape index (κ3) is 7.04. The molecule has 0 bridgehead atoms. The number of pyridine rings is 1. The van der Waals surface area contributed by atoms with E-state index in [0.717, 1.165) is 89.6 Å². The molecule has 2 aromatic heterocycles. The number of carbonyl (C=O) groups is 1. The predicted octanol–water partition coefficient (Wildman–Crippen LogP) is 5.91. The SMILES string of the molecule is C=CC1CCN(C)CC1.Cc1ncnc2ccc(C3=CCc4ncc(C(=O)NC5=CCC(C)(N6CCN(C)CC6)C=C5)cc43)cc12.[HH].[HH]. The molecule has 1 aromatic carbocycles. The van der Waals surface area contributed by atoms with Gasteiger partial charge in [-0.15, -0.1) is 6.58 Å². The Labute approximate surface area is 276 Å². The number of benzene rings is 1. The van der Waals surface area contributed by atoms with Crippen LogP contribution in [0.15, 0.2) is 79.4 Å². The third-order valence-electron chi connectivity index (χ3n) is 10.1. The Morgan fingerprint density at radius 2 is 1.78 bits per heavy atom. The molecule has 46 heavy (non-hydrogen) atoms. The molecule has 2 aliphatic heterocycles. The maximum absolute atomic E-state index is 13.2. The van der Waals surface area contributed by atoms with E-state index >= 15 is 0 Å². The molecule has 1 unspecified atom stereocenters. The van der Waals surface area contributed by atoms with Gasteiger partial charge in [-0.3, -0.25) is 14.7 Å². The molecule has 4 aliphatic rings. The Balaban J connectivity index is 0.000000413. The summed E-state index contributed by atoms with van der Waals surface area (Å²) < 4.78 is 0. The van der Waals surface area contributed by atoms with E-state index in [2.05, 4.69) is 99.0 Å². The number of piperazine rings is 1. The van der Waals surface area contributed by atoms with Crippen molar-refractivity contribution in [1.29, 1.82) is 0 Å². The first-order valence-electron chi connectivity index (χ1n) is 16.6. The molecule has 0 spiro atoms. The van der Waals surface area contributed by atoms with Crippen LogP contribution in [0.4, 0.5) is 0 Å². The Morgan fingerprint density at radius 3 is 2.50 bits per heavy atom. The molecule has 0 saturated carbocycles. The van der Waals surface area contributed by atoms with Crippen molar-refractivity contribution in [3.8, 4) is 0 Å². The van der Waals surface area contributed by atoms with E-state index in [9.17, 15) is 4.79 Å². The van der Waals surface area contributed by atoms with Crippen molar-refractivity contribution < 1.29 is 7.65 Å².